The van der Waals surface area contributed by atoms with Crippen LogP contribution in [0.25, 0.3) is 0 Å². The van der Waals surface area contributed by atoms with Crippen LogP contribution in [0, 0.1) is 0 Å². The Balaban J connectivity index is 1.72. The fraction of sp³-hybridized carbons (Fsp3) is 0.167. The summed E-state index contributed by atoms with van der Waals surface area (Å²) in [7, 11) is 1.63. The van der Waals surface area contributed by atoms with Crippen LogP contribution in [0.3, 0.4) is 0 Å². The van der Waals surface area contributed by atoms with Crippen LogP contribution in [0.1, 0.15) is 34.5 Å². The summed E-state index contributed by atoms with van der Waals surface area (Å²) in [5.74, 6) is 0.562. The predicted octanol–water partition coefficient (Wildman–Crippen LogP) is 4.22. The quantitative estimate of drug-likeness (QED) is 0.567. The summed E-state index contributed by atoms with van der Waals surface area (Å²) >= 11 is 0. The number of amides is 1. The fourth-order valence-electron chi connectivity index (χ4n) is 3.09. The van der Waals surface area contributed by atoms with Crippen LogP contribution in [-0.4, -0.2) is 25.3 Å². The monoisotopic (exact) mass is 388 g/mol. The van der Waals surface area contributed by atoms with Crippen molar-refractivity contribution >= 4 is 17.4 Å². The second-order valence-electron chi connectivity index (χ2n) is 6.68. The van der Waals surface area contributed by atoms with Crippen LogP contribution in [0.4, 0.5) is 5.69 Å². The first-order valence-corrected chi connectivity index (χ1v) is 9.40. The number of Topliss-reactive ketones (excluding diaryl/α,β-unsaturated/α-hetero) is 1. The van der Waals surface area contributed by atoms with E-state index in [1.165, 1.54) is 6.92 Å². The molecule has 148 valence electrons. The highest BCUT2D eigenvalue weighted by atomic mass is 16.5. The Bertz CT molecular complexity index is 969. The minimum atomic E-state index is -0.180. The average molecular weight is 388 g/mol. The van der Waals surface area contributed by atoms with E-state index in [2.05, 4.69) is 10.6 Å². The number of hydrogen-bond donors (Lipinski definition) is 2. The van der Waals surface area contributed by atoms with Crippen molar-refractivity contribution in [1.82, 2.24) is 5.32 Å². The van der Waals surface area contributed by atoms with Gasteiger partial charge in [0.1, 0.15) is 5.75 Å². The first-order chi connectivity index (χ1) is 14.1. The van der Waals surface area contributed by atoms with Gasteiger partial charge >= 0.3 is 0 Å². The van der Waals surface area contributed by atoms with Gasteiger partial charge in [-0.25, -0.2) is 0 Å². The Morgan fingerprint density at radius 2 is 1.59 bits per heavy atom. The van der Waals surface area contributed by atoms with Crippen molar-refractivity contribution in [3.63, 3.8) is 0 Å². The van der Waals surface area contributed by atoms with Crippen molar-refractivity contribution in [3.8, 4) is 5.75 Å². The van der Waals surface area contributed by atoms with E-state index in [1.807, 2.05) is 54.6 Å². The smallest absolute Gasteiger partial charge is 0.238 e. The highest BCUT2D eigenvalue weighted by molar-refractivity contribution is 5.97. The molecule has 0 spiro atoms. The van der Waals surface area contributed by atoms with E-state index in [9.17, 15) is 9.59 Å². The lowest BCUT2D eigenvalue weighted by Gasteiger charge is -2.20. The lowest BCUT2D eigenvalue weighted by Crippen LogP contribution is -2.32. The van der Waals surface area contributed by atoms with Crippen LogP contribution in [0.5, 0.6) is 5.75 Å². The van der Waals surface area contributed by atoms with Crippen LogP contribution in [0.15, 0.2) is 78.9 Å². The second kappa shape index (κ2) is 9.66. The molecule has 1 amide bonds. The van der Waals surface area contributed by atoms with Crippen molar-refractivity contribution in [2.75, 3.05) is 19.0 Å². The number of ketones is 1. The summed E-state index contributed by atoms with van der Waals surface area (Å²) in [4.78, 5) is 24.0. The van der Waals surface area contributed by atoms with Gasteiger partial charge < -0.3 is 10.1 Å². The van der Waals surface area contributed by atoms with Crippen molar-refractivity contribution in [2.24, 2.45) is 0 Å². The standard InChI is InChI=1S/C24H24N2O3/c1-17(27)20-9-6-10-21(15-20)26-23(28)16-25-24(18-7-4-3-5-8-18)19-11-13-22(29-2)14-12-19/h3-15,24-25H,16H2,1-2H3,(H,26,28). The molecular weight excluding hydrogens is 364 g/mol. The molecular formula is C24H24N2O3. The molecule has 5 heteroatoms. The van der Waals surface area contributed by atoms with E-state index < -0.39 is 0 Å². The SMILES string of the molecule is COc1ccc(C(NCC(=O)Nc2cccc(C(C)=O)c2)c2ccccc2)cc1. The summed E-state index contributed by atoms with van der Waals surface area (Å²) in [6, 6.07) is 24.5. The normalized spacial score (nSPS) is 11.5. The van der Waals surface area contributed by atoms with E-state index in [0.29, 0.717) is 11.3 Å². The van der Waals surface area contributed by atoms with Crippen molar-refractivity contribution in [2.45, 2.75) is 13.0 Å². The molecule has 3 aromatic rings. The van der Waals surface area contributed by atoms with Gasteiger partial charge in [0, 0.05) is 11.3 Å². The molecule has 0 aliphatic heterocycles. The van der Waals surface area contributed by atoms with Gasteiger partial charge in [0.15, 0.2) is 5.78 Å². The molecule has 0 saturated heterocycles. The summed E-state index contributed by atoms with van der Waals surface area (Å²) in [5.41, 5.74) is 3.26. The van der Waals surface area contributed by atoms with E-state index in [4.69, 9.17) is 4.74 Å². The van der Waals surface area contributed by atoms with Gasteiger partial charge in [0.05, 0.1) is 19.7 Å². The third-order valence-corrected chi connectivity index (χ3v) is 4.60. The minimum absolute atomic E-state index is 0.0390. The van der Waals surface area contributed by atoms with Crippen LogP contribution in [0.2, 0.25) is 0 Å². The molecule has 3 rings (SSSR count). The van der Waals surface area contributed by atoms with Crippen LogP contribution in [-0.2, 0) is 4.79 Å². The lowest BCUT2D eigenvalue weighted by molar-refractivity contribution is -0.115. The van der Waals surface area contributed by atoms with Gasteiger partial charge in [-0.1, -0.05) is 54.6 Å². The molecule has 0 heterocycles. The number of methoxy groups -OCH3 is 1. The third kappa shape index (κ3) is 5.53. The molecule has 0 aromatic heterocycles. The summed E-state index contributed by atoms with van der Waals surface area (Å²) in [6.07, 6.45) is 0. The molecule has 1 unspecified atom stereocenters. The van der Waals surface area contributed by atoms with Crippen molar-refractivity contribution in [1.29, 1.82) is 0 Å². The zero-order valence-electron chi connectivity index (χ0n) is 16.5. The molecule has 2 N–H and O–H groups in total. The van der Waals surface area contributed by atoms with Crippen LogP contribution >= 0.6 is 0 Å². The summed E-state index contributed by atoms with van der Waals surface area (Å²) < 4.78 is 5.24. The molecule has 0 saturated carbocycles. The molecule has 0 aliphatic carbocycles. The maximum absolute atomic E-state index is 12.5. The first kappa shape index (κ1) is 20.3. The number of carbonyl (C=O) groups is 2. The van der Waals surface area contributed by atoms with E-state index in [0.717, 1.165) is 16.9 Å². The van der Waals surface area contributed by atoms with Crippen LogP contribution < -0.4 is 15.4 Å². The van der Waals surface area contributed by atoms with E-state index in [-0.39, 0.29) is 24.3 Å². The highest BCUT2D eigenvalue weighted by Crippen LogP contribution is 2.24. The molecule has 0 aliphatic rings. The topological polar surface area (TPSA) is 67.4 Å². The molecule has 5 nitrogen and oxygen atoms in total. The Morgan fingerprint density at radius 1 is 0.897 bits per heavy atom. The maximum atomic E-state index is 12.5. The van der Waals surface area contributed by atoms with Gasteiger partial charge in [-0.3, -0.25) is 14.9 Å². The number of rotatable bonds is 8. The maximum Gasteiger partial charge on any atom is 0.238 e. The average Bonchev–Trinajstić information content (AvgIpc) is 2.75. The van der Waals surface area contributed by atoms with E-state index in [1.54, 1.807) is 31.4 Å². The molecule has 0 radical (unpaired) electrons. The first-order valence-electron chi connectivity index (χ1n) is 9.40. The molecule has 3 aromatic carbocycles. The number of benzene rings is 3. The van der Waals surface area contributed by atoms with Crippen molar-refractivity contribution in [3.05, 3.63) is 95.6 Å². The largest absolute Gasteiger partial charge is 0.497 e. The summed E-state index contributed by atoms with van der Waals surface area (Å²) in [5, 5.41) is 6.17. The number of carbonyl (C=O) groups excluding carboxylic acids is 2. The summed E-state index contributed by atoms with van der Waals surface area (Å²) in [6.45, 7) is 1.62. The molecule has 0 fully saturated rings. The van der Waals surface area contributed by atoms with Gasteiger partial charge in [-0.05, 0) is 42.3 Å². The Hall–Kier alpha value is -3.44. The molecule has 0 bridgehead atoms. The Morgan fingerprint density at radius 3 is 2.24 bits per heavy atom. The zero-order valence-corrected chi connectivity index (χ0v) is 16.5. The van der Waals surface area contributed by atoms with Gasteiger partial charge in [-0.15, -0.1) is 0 Å². The minimum Gasteiger partial charge on any atom is -0.497 e. The predicted molar refractivity (Wildman–Crippen MR) is 114 cm³/mol. The Labute approximate surface area is 170 Å². The zero-order chi connectivity index (χ0) is 20.6. The third-order valence-electron chi connectivity index (χ3n) is 4.60. The van der Waals surface area contributed by atoms with Gasteiger partial charge in [0.25, 0.3) is 0 Å². The highest BCUT2D eigenvalue weighted by Gasteiger charge is 2.15. The van der Waals surface area contributed by atoms with Crippen molar-refractivity contribution < 1.29 is 14.3 Å². The number of hydrogen-bond acceptors (Lipinski definition) is 4. The molecule has 1 atom stereocenters. The van der Waals surface area contributed by atoms with E-state index >= 15 is 0 Å². The van der Waals surface area contributed by atoms with Gasteiger partial charge in [0.2, 0.25) is 5.91 Å². The fourth-order valence-corrected chi connectivity index (χ4v) is 3.09. The number of ether oxygens (including phenoxy) is 1. The number of nitrogens with one attached hydrogen (secondary N) is 2. The molecule has 29 heavy (non-hydrogen) atoms. The Kier molecular flexibility index (Phi) is 6.76. The second-order valence-corrected chi connectivity index (χ2v) is 6.68. The number of anilines is 1. The lowest BCUT2D eigenvalue weighted by atomic mass is 9.98. The van der Waals surface area contributed by atoms with Gasteiger partial charge in [-0.2, -0.15) is 0 Å².